The van der Waals surface area contributed by atoms with Crippen LogP contribution in [-0.2, 0) is 25.7 Å². The smallest absolute Gasteiger partial charge is 0.475 e. The van der Waals surface area contributed by atoms with Gasteiger partial charge in [0.25, 0.3) is 0 Å². The van der Waals surface area contributed by atoms with E-state index in [1.54, 1.807) is 6.20 Å². The Labute approximate surface area is 210 Å². The second kappa shape index (κ2) is 12.8. The molecule has 2 fully saturated rings. The molecule has 2 aromatic rings. The Kier molecular flexibility index (Phi) is 10.3. The van der Waals surface area contributed by atoms with Gasteiger partial charge in [0.1, 0.15) is 0 Å². The van der Waals surface area contributed by atoms with Gasteiger partial charge in [-0.15, -0.1) is 0 Å². The van der Waals surface area contributed by atoms with Gasteiger partial charge in [-0.05, 0) is 18.6 Å². The fourth-order valence-electron chi connectivity index (χ4n) is 3.36. The molecule has 0 radical (unpaired) electrons. The topological polar surface area (TPSA) is 135 Å². The highest BCUT2D eigenvalue weighted by Crippen LogP contribution is 2.37. The lowest BCUT2D eigenvalue weighted by molar-refractivity contribution is -0.193. The van der Waals surface area contributed by atoms with Crippen molar-refractivity contribution >= 4 is 17.9 Å². The predicted molar refractivity (Wildman–Crippen MR) is 112 cm³/mol. The number of ether oxygens (including phenoxy) is 2. The lowest BCUT2D eigenvalue weighted by Gasteiger charge is -2.23. The number of anilines is 1. The number of aliphatic carboxylic acids is 2. The molecule has 210 valence electrons. The van der Waals surface area contributed by atoms with Gasteiger partial charge in [0.2, 0.25) is 5.95 Å². The number of pyridine rings is 1. The van der Waals surface area contributed by atoms with Crippen LogP contribution in [-0.4, -0.2) is 80.9 Å². The molecule has 2 N–H and O–H groups in total. The molecule has 2 saturated heterocycles. The number of hydrogen-bond acceptors (Lipinski definition) is 8. The molecular weight excluding hydrogens is 537 g/mol. The van der Waals surface area contributed by atoms with E-state index in [1.807, 2.05) is 23.1 Å². The molecule has 2 aliphatic heterocycles. The zero-order valence-corrected chi connectivity index (χ0v) is 19.2. The van der Waals surface area contributed by atoms with E-state index in [2.05, 4.69) is 15.0 Å². The molecule has 4 heterocycles. The van der Waals surface area contributed by atoms with Crippen molar-refractivity contribution < 1.29 is 60.0 Å². The summed E-state index contributed by atoms with van der Waals surface area (Å²) < 4.78 is 88.4. The SMILES string of the molecule is Fc1cnc(N2CC[C@]3(C[C@@H](OCc4ccccn4)CO3)C2)nc1.O=C(O)C(F)(F)F.O=C(O)C(F)(F)F. The van der Waals surface area contributed by atoms with Crippen LogP contribution < -0.4 is 4.90 Å². The van der Waals surface area contributed by atoms with E-state index >= 15 is 0 Å². The van der Waals surface area contributed by atoms with E-state index in [4.69, 9.17) is 29.3 Å². The van der Waals surface area contributed by atoms with Crippen molar-refractivity contribution in [3.05, 3.63) is 48.3 Å². The summed E-state index contributed by atoms with van der Waals surface area (Å²) in [5.74, 6) is -5.39. The molecular formula is C21H21F7N4O6. The lowest BCUT2D eigenvalue weighted by Crippen LogP contribution is -2.33. The summed E-state index contributed by atoms with van der Waals surface area (Å²) in [7, 11) is 0. The highest BCUT2D eigenvalue weighted by atomic mass is 19.4. The third-order valence-corrected chi connectivity index (χ3v) is 5.06. The van der Waals surface area contributed by atoms with E-state index in [9.17, 15) is 30.7 Å². The Morgan fingerprint density at radius 3 is 2.13 bits per heavy atom. The molecule has 0 unspecified atom stereocenters. The molecule has 2 aromatic heterocycles. The monoisotopic (exact) mass is 558 g/mol. The van der Waals surface area contributed by atoms with Gasteiger partial charge in [-0.1, -0.05) is 6.07 Å². The molecule has 4 rings (SSSR count). The Hall–Kier alpha value is -3.60. The molecule has 2 atom stereocenters. The second-order valence-electron chi connectivity index (χ2n) is 7.93. The van der Waals surface area contributed by atoms with E-state index in [1.165, 1.54) is 12.4 Å². The average molecular weight is 558 g/mol. The summed E-state index contributed by atoms with van der Waals surface area (Å²) in [4.78, 5) is 32.2. The molecule has 10 nitrogen and oxygen atoms in total. The van der Waals surface area contributed by atoms with Crippen LogP contribution in [0.5, 0.6) is 0 Å². The van der Waals surface area contributed by atoms with Gasteiger partial charge < -0.3 is 24.6 Å². The molecule has 38 heavy (non-hydrogen) atoms. The first-order valence-corrected chi connectivity index (χ1v) is 10.6. The Balaban J connectivity index is 0.000000301. The number of carbonyl (C=O) groups is 2. The fraction of sp³-hybridized carbons (Fsp3) is 0.476. The maximum Gasteiger partial charge on any atom is 0.490 e. The van der Waals surface area contributed by atoms with Crippen molar-refractivity contribution in [3.8, 4) is 0 Å². The van der Waals surface area contributed by atoms with E-state index < -0.39 is 30.1 Å². The van der Waals surface area contributed by atoms with E-state index in [-0.39, 0.29) is 11.7 Å². The standard InChI is InChI=1S/C17H19FN4O2.2C2HF3O2/c18-13-8-20-16(21-9-13)22-6-4-17(12-22)7-15(11-24-17)23-10-14-3-1-2-5-19-14;2*3-2(4,5)1(6)7/h1-3,5,8-9,15H,4,6-7,10-12H2;2*(H,6,7)/t15-,17+;;/m1../s1. The summed E-state index contributed by atoms with van der Waals surface area (Å²) in [5, 5.41) is 14.2. The molecule has 0 bridgehead atoms. The molecule has 1 spiro atoms. The number of rotatable bonds is 4. The summed E-state index contributed by atoms with van der Waals surface area (Å²) in [6, 6.07) is 5.80. The number of hydrogen-bond donors (Lipinski definition) is 2. The van der Waals surface area contributed by atoms with Crippen molar-refractivity contribution in [3.63, 3.8) is 0 Å². The van der Waals surface area contributed by atoms with Crippen molar-refractivity contribution in [2.24, 2.45) is 0 Å². The van der Waals surface area contributed by atoms with Crippen LogP contribution in [0, 0.1) is 5.82 Å². The molecule has 17 heteroatoms. The van der Waals surface area contributed by atoms with Crippen molar-refractivity contribution in [1.29, 1.82) is 0 Å². The third kappa shape index (κ3) is 9.70. The second-order valence-corrected chi connectivity index (χ2v) is 7.93. The number of nitrogens with zero attached hydrogens (tertiary/aromatic N) is 4. The van der Waals surface area contributed by atoms with Crippen LogP contribution in [0.2, 0.25) is 0 Å². The number of carboxylic acids is 2. The first-order chi connectivity index (χ1) is 17.6. The van der Waals surface area contributed by atoms with Crippen molar-refractivity contribution in [1.82, 2.24) is 15.0 Å². The van der Waals surface area contributed by atoms with Gasteiger partial charge in [-0.3, -0.25) is 4.98 Å². The number of carboxylic acid groups (broad SMARTS) is 2. The van der Waals surface area contributed by atoms with Gasteiger partial charge in [-0.25, -0.2) is 23.9 Å². The molecule has 2 aliphatic rings. The van der Waals surface area contributed by atoms with Gasteiger partial charge in [0, 0.05) is 19.2 Å². The summed E-state index contributed by atoms with van der Waals surface area (Å²) in [6.07, 6.45) is -4.19. The minimum absolute atomic E-state index is 0.0705. The quantitative estimate of drug-likeness (QED) is 0.539. The normalized spacial score (nSPS) is 20.8. The minimum Gasteiger partial charge on any atom is -0.475 e. The molecule has 0 amide bonds. The van der Waals surface area contributed by atoms with Crippen LogP contribution in [0.4, 0.5) is 36.7 Å². The fourth-order valence-corrected chi connectivity index (χ4v) is 3.36. The van der Waals surface area contributed by atoms with Crippen LogP contribution in [0.25, 0.3) is 0 Å². The first kappa shape index (κ1) is 30.6. The number of alkyl halides is 6. The Morgan fingerprint density at radius 2 is 1.63 bits per heavy atom. The zero-order chi connectivity index (χ0) is 28.6. The van der Waals surface area contributed by atoms with Crippen LogP contribution in [0.3, 0.4) is 0 Å². The number of halogens is 7. The van der Waals surface area contributed by atoms with Crippen LogP contribution in [0.1, 0.15) is 18.5 Å². The first-order valence-electron chi connectivity index (χ1n) is 10.6. The number of aromatic nitrogens is 3. The molecule has 0 aliphatic carbocycles. The highest BCUT2D eigenvalue weighted by Gasteiger charge is 2.46. The summed E-state index contributed by atoms with van der Waals surface area (Å²) in [5.41, 5.74) is 0.707. The predicted octanol–water partition coefficient (Wildman–Crippen LogP) is 3.23. The van der Waals surface area contributed by atoms with E-state index in [0.29, 0.717) is 25.7 Å². The van der Waals surface area contributed by atoms with Crippen LogP contribution in [0.15, 0.2) is 36.8 Å². The molecule has 0 saturated carbocycles. The molecule has 0 aromatic carbocycles. The van der Waals surface area contributed by atoms with Gasteiger partial charge in [0.05, 0.1) is 49.6 Å². The Bertz CT molecular complexity index is 1030. The van der Waals surface area contributed by atoms with E-state index in [0.717, 1.165) is 25.1 Å². The van der Waals surface area contributed by atoms with Gasteiger partial charge in [-0.2, -0.15) is 26.3 Å². The maximum absolute atomic E-state index is 13.0. The van der Waals surface area contributed by atoms with Crippen LogP contribution >= 0.6 is 0 Å². The van der Waals surface area contributed by atoms with Crippen molar-refractivity contribution in [2.75, 3.05) is 24.6 Å². The minimum atomic E-state index is -5.08. The largest absolute Gasteiger partial charge is 0.490 e. The maximum atomic E-state index is 13.0. The van der Waals surface area contributed by atoms with Gasteiger partial charge in [0.15, 0.2) is 5.82 Å². The summed E-state index contributed by atoms with van der Waals surface area (Å²) in [6.45, 7) is 2.60. The summed E-state index contributed by atoms with van der Waals surface area (Å²) >= 11 is 0. The average Bonchev–Trinajstić information content (AvgIpc) is 3.45. The highest BCUT2D eigenvalue weighted by molar-refractivity contribution is 5.73. The third-order valence-electron chi connectivity index (χ3n) is 5.06. The lowest BCUT2D eigenvalue weighted by atomic mass is 9.98. The van der Waals surface area contributed by atoms with Crippen molar-refractivity contribution in [2.45, 2.75) is 43.5 Å². The Morgan fingerprint density at radius 1 is 1.05 bits per heavy atom. The van der Waals surface area contributed by atoms with Gasteiger partial charge >= 0.3 is 24.3 Å². The zero-order valence-electron chi connectivity index (χ0n) is 19.2.